The Hall–Kier alpha value is -0.710. The average Bonchev–Trinajstić information content (AvgIpc) is 2.36. The highest BCUT2D eigenvalue weighted by Gasteiger charge is 2.39. The van der Waals surface area contributed by atoms with Gasteiger partial charge in [-0.15, -0.1) is 0 Å². The molecule has 2 heterocycles. The molecule has 96 valence electrons. The molecule has 0 aromatic carbocycles. The first-order valence-corrected chi connectivity index (χ1v) is 7.70. The summed E-state index contributed by atoms with van der Waals surface area (Å²) in [6.07, 6.45) is 6.00. The van der Waals surface area contributed by atoms with E-state index in [2.05, 4.69) is 6.26 Å². The third kappa shape index (κ3) is 2.76. The molecule has 2 rings (SSSR count). The van der Waals surface area contributed by atoms with Crippen LogP contribution in [0.2, 0.25) is 0 Å². The second kappa shape index (κ2) is 5.76. The minimum atomic E-state index is -0.153. The number of amides is 2. The van der Waals surface area contributed by atoms with Crippen molar-refractivity contribution in [1.82, 2.24) is 9.80 Å². The van der Waals surface area contributed by atoms with E-state index in [4.69, 9.17) is 0 Å². The molecule has 1 atom stereocenters. The molecule has 4 nitrogen and oxygen atoms in total. The number of hydrogen-bond donors (Lipinski definition) is 0. The highest BCUT2D eigenvalue weighted by molar-refractivity contribution is 7.98. The highest BCUT2D eigenvalue weighted by Crippen LogP contribution is 2.23. The minimum Gasteiger partial charge on any atom is -0.332 e. The van der Waals surface area contributed by atoms with E-state index >= 15 is 0 Å². The number of piperidine rings is 1. The zero-order valence-electron chi connectivity index (χ0n) is 10.4. The maximum atomic E-state index is 12.2. The molecule has 1 unspecified atom stereocenters. The van der Waals surface area contributed by atoms with E-state index < -0.39 is 0 Å². The summed E-state index contributed by atoms with van der Waals surface area (Å²) in [6.45, 7) is 1.80. The summed E-state index contributed by atoms with van der Waals surface area (Å²) in [5, 5.41) is 0. The molecule has 0 saturated carbocycles. The van der Waals surface area contributed by atoms with Gasteiger partial charge in [-0.2, -0.15) is 11.8 Å². The van der Waals surface area contributed by atoms with Crippen molar-refractivity contribution in [2.75, 3.05) is 31.6 Å². The van der Waals surface area contributed by atoms with Crippen molar-refractivity contribution in [3.05, 3.63) is 0 Å². The lowest BCUT2D eigenvalue weighted by atomic mass is 9.98. The van der Waals surface area contributed by atoms with Crippen LogP contribution in [0.15, 0.2) is 0 Å². The smallest absolute Gasteiger partial charge is 0.245 e. The van der Waals surface area contributed by atoms with E-state index in [1.165, 1.54) is 0 Å². The summed E-state index contributed by atoms with van der Waals surface area (Å²) < 4.78 is 0. The van der Waals surface area contributed by atoms with Crippen LogP contribution in [-0.2, 0) is 9.59 Å². The molecule has 2 amide bonds. The van der Waals surface area contributed by atoms with Crippen LogP contribution in [0.4, 0.5) is 0 Å². The third-order valence-corrected chi connectivity index (χ3v) is 4.22. The predicted octanol–water partition coefficient (Wildman–Crippen LogP) is 0.963. The molecule has 2 aliphatic rings. The van der Waals surface area contributed by atoms with Gasteiger partial charge < -0.3 is 9.80 Å². The van der Waals surface area contributed by atoms with Crippen LogP contribution in [0.3, 0.4) is 0 Å². The van der Waals surface area contributed by atoms with Crippen molar-refractivity contribution in [2.45, 2.75) is 31.7 Å². The van der Waals surface area contributed by atoms with Crippen LogP contribution in [0.25, 0.3) is 0 Å². The molecule has 0 N–H and O–H groups in total. The Bertz CT molecular complexity index is 309. The molecular weight excluding hydrogens is 236 g/mol. The Labute approximate surface area is 107 Å². The van der Waals surface area contributed by atoms with E-state index in [-0.39, 0.29) is 17.9 Å². The van der Waals surface area contributed by atoms with Crippen molar-refractivity contribution in [1.29, 1.82) is 0 Å². The van der Waals surface area contributed by atoms with Crippen LogP contribution < -0.4 is 0 Å². The maximum absolute atomic E-state index is 12.2. The van der Waals surface area contributed by atoms with Gasteiger partial charge in [-0.05, 0) is 37.7 Å². The summed E-state index contributed by atoms with van der Waals surface area (Å²) in [4.78, 5) is 27.7. The molecule has 17 heavy (non-hydrogen) atoms. The lowest BCUT2D eigenvalue weighted by Crippen LogP contribution is -2.61. The van der Waals surface area contributed by atoms with Crippen LogP contribution in [0, 0.1) is 0 Å². The van der Waals surface area contributed by atoms with Crippen LogP contribution in [0.5, 0.6) is 0 Å². The standard InChI is InChI=1S/C12H20N2O2S/c1-17-8-4-6-13-9-11(15)14-7-3-2-5-10(14)12(13)16/h10H,2-9H2,1H3. The number of piperazine rings is 1. The van der Waals surface area contributed by atoms with Crippen LogP contribution in [0.1, 0.15) is 25.7 Å². The first kappa shape index (κ1) is 12.7. The molecule has 5 heteroatoms. The fourth-order valence-electron chi connectivity index (χ4n) is 2.62. The van der Waals surface area contributed by atoms with Gasteiger partial charge in [0.2, 0.25) is 11.8 Å². The second-order valence-corrected chi connectivity index (χ2v) is 5.69. The van der Waals surface area contributed by atoms with Crippen LogP contribution >= 0.6 is 11.8 Å². The zero-order valence-corrected chi connectivity index (χ0v) is 11.2. The van der Waals surface area contributed by atoms with E-state index in [9.17, 15) is 9.59 Å². The average molecular weight is 256 g/mol. The van der Waals surface area contributed by atoms with Gasteiger partial charge in [0.1, 0.15) is 6.04 Å². The van der Waals surface area contributed by atoms with E-state index in [1.54, 1.807) is 21.6 Å². The van der Waals surface area contributed by atoms with Crippen molar-refractivity contribution < 1.29 is 9.59 Å². The van der Waals surface area contributed by atoms with Gasteiger partial charge >= 0.3 is 0 Å². The number of hydrogen-bond acceptors (Lipinski definition) is 3. The van der Waals surface area contributed by atoms with Crippen molar-refractivity contribution >= 4 is 23.6 Å². The Morgan fingerprint density at radius 1 is 1.35 bits per heavy atom. The maximum Gasteiger partial charge on any atom is 0.245 e. The largest absolute Gasteiger partial charge is 0.332 e. The second-order valence-electron chi connectivity index (χ2n) is 4.70. The predicted molar refractivity (Wildman–Crippen MR) is 68.9 cm³/mol. The first-order chi connectivity index (χ1) is 8.24. The summed E-state index contributed by atoms with van der Waals surface area (Å²) in [5.41, 5.74) is 0. The molecule has 0 aliphatic carbocycles. The van der Waals surface area contributed by atoms with Crippen molar-refractivity contribution in [3.63, 3.8) is 0 Å². The lowest BCUT2D eigenvalue weighted by Gasteiger charge is -2.42. The number of thioether (sulfide) groups is 1. The van der Waals surface area contributed by atoms with E-state index in [0.29, 0.717) is 6.54 Å². The van der Waals surface area contributed by atoms with Crippen LogP contribution in [-0.4, -0.2) is 59.3 Å². The monoisotopic (exact) mass is 256 g/mol. The fourth-order valence-corrected chi connectivity index (χ4v) is 3.04. The highest BCUT2D eigenvalue weighted by atomic mass is 32.2. The molecule has 0 aromatic rings. The van der Waals surface area contributed by atoms with Crippen molar-refractivity contribution in [2.24, 2.45) is 0 Å². The lowest BCUT2D eigenvalue weighted by molar-refractivity contribution is -0.157. The van der Waals surface area contributed by atoms with Gasteiger partial charge in [-0.1, -0.05) is 0 Å². The minimum absolute atomic E-state index is 0.137. The third-order valence-electron chi connectivity index (χ3n) is 3.52. The van der Waals surface area contributed by atoms with Gasteiger partial charge in [0.05, 0.1) is 6.54 Å². The van der Waals surface area contributed by atoms with E-state index in [0.717, 1.165) is 44.5 Å². The van der Waals surface area contributed by atoms with Gasteiger partial charge in [0.15, 0.2) is 0 Å². The van der Waals surface area contributed by atoms with Crippen molar-refractivity contribution in [3.8, 4) is 0 Å². The number of carbonyl (C=O) groups is 2. The Morgan fingerprint density at radius 2 is 2.18 bits per heavy atom. The Morgan fingerprint density at radius 3 is 2.94 bits per heavy atom. The molecule has 2 fully saturated rings. The molecular formula is C12H20N2O2S. The fraction of sp³-hybridized carbons (Fsp3) is 0.833. The summed E-state index contributed by atoms with van der Waals surface area (Å²) in [7, 11) is 0. The molecule has 0 bridgehead atoms. The van der Waals surface area contributed by atoms with Gasteiger partial charge in [0, 0.05) is 13.1 Å². The zero-order chi connectivity index (χ0) is 12.3. The molecule has 0 radical (unpaired) electrons. The molecule has 0 aromatic heterocycles. The van der Waals surface area contributed by atoms with Gasteiger partial charge in [-0.3, -0.25) is 9.59 Å². The van der Waals surface area contributed by atoms with Gasteiger partial charge in [0.25, 0.3) is 0 Å². The topological polar surface area (TPSA) is 40.6 Å². The van der Waals surface area contributed by atoms with E-state index in [1.807, 2.05) is 0 Å². The first-order valence-electron chi connectivity index (χ1n) is 6.31. The number of nitrogens with zero attached hydrogens (tertiary/aromatic N) is 2. The molecule has 0 spiro atoms. The molecule has 2 aliphatic heterocycles. The SMILES string of the molecule is CSCCCN1CC(=O)N2CCCCC2C1=O. The summed E-state index contributed by atoms with van der Waals surface area (Å²) >= 11 is 1.78. The summed E-state index contributed by atoms with van der Waals surface area (Å²) in [5.74, 6) is 1.36. The normalized spacial score (nSPS) is 25.1. The number of rotatable bonds is 4. The quantitative estimate of drug-likeness (QED) is 0.704. The molecule has 2 saturated heterocycles. The Kier molecular flexibility index (Phi) is 4.31. The number of carbonyl (C=O) groups excluding carboxylic acids is 2. The Balaban J connectivity index is 1.96. The number of fused-ring (bicyclic) bond motifs is 1. The van der Waals surface area contributed by atoms with Gasteiger partial charge in [-0.25, -0.2) is 0 Å². The summed E-state index contributed by atoms with van der Waals surface area (Å²) in [6, 6.07) is -0.153.